The van der Waals surface area contributed by atoms with Crippen LogP contribution in [0, 0.1) is 17.7 Å². The van der Waals surface area contributed by atoms with Crippen molar-refractivity contribution in [1.82, 2.24) is 10.0 Å². The molecule has 29 heavy (non-hydrogen) atoms. The second-order valence-electron chi connectivity index (χ2n) is 7.69. The van der Waals surface area contributed by atoms with Crippen molar-refractivity contribution in [3.63, 3.8) is 0 Å². The average molecular weight is 429 g/mol. The van der Waals surface area contributed by atoms with Crippen LogP contribution in [0.4, 0.5) is 4.39 Å². The third-order valence-electron chi connectivity index (χ3n) is 4.99. The van der Waals surface area contributed by atoms with Crippen molar-refractivity contribution in [3.8, 4) is 0 Å². The fraction of sp³-hybridized carbons (Fsp3) is 0.600. The molecule has 1 fully saturated rings. The van der Waals surface area contributed by atoms with E-state index in [0.717, 1.165) is 37.8 Å². The fourth-order valence-electron chi connectivity index (χ4n) is 3.28. The highest BCUT2D eigenvalue weighted by atomic mass is 32.2. The molecule has 1 aliphatic rings. The van der Waals surface area contributed by atoms with Gasteiger partial charge in [0, 0.05) is 6.54 Å². The minimum absolute atomic E-state index is 0.427. The molecule has 0 aliphatic heterocycles. The van der Waals surface area contributed by atoms with E-state index in [4.69, 9.17) is 4.74 Å². The molecule has 1 aliphatic carbocycles. The lowest BCUT2D eigenvalue weighted by molar-refractivity contribution is -0.151. The first-order valence-corrected chi connectivity index (χ1v) is 11.4. The first kappa shape index (κ1) is 23.3. The summed E-state index contributed by atoms with van der Waals surface area (Å²) in [6, 6.07) is 3.64. The third-order valence-corrected chi connectivity index (χ3v) is 6.46. The normalized spacial score (nSPS) is 16.4. The Kier molecular flexibility index (Phi) is 8.58. The Morgan fingerprint density at radius 1 is 1.17 bits per heavy atom. The van der Waals surface area contributed by atoms with E-state index in [1.54, 1.807) is 13.8 Å². The lowest BCUT2D eigenvalue weighted by atomic mass is 9.89. The van der Waals surface area contributed by atoms with Gasteiger partial charge >= 0.3 is 5.97 Å². The summed E-state index contributed by atoms with van der Waals surface area (Å²) in [6.07, 6.45) is 5.70. The number of hydrogen-bond acceptors (Lipinski definition) is 5. The number of halogens is 1. The van der Waals surface area contributed by atoms with Gasteiger partial charge in [-0.1, -0.05) is 45.2 Å². The van der Waals surface area contributed by atoms with Crippen LogP contribution < -0.4 is 10.0 Å². The van der Waals surface area contributed by atoms with Gasteiger partial charge in [-0.2, -0.15) is 4.72 Å². The van der Waals surface area contributed by atoms with Gasteiger partial charge in [0.15, 0.2) is 6.61 Å². The van der Waals surface area contributed by atoms with Crippen LogP contribution in [0.25, 0.3) is 0 Å². The molecule has 1 saturated carbocycles. The molecule has 7 nitrogen and oxygen atoms in total. The van der Waals surface area contributed by atoms with Gasteiger partial charge in [-0.25, -0.2) is 12.8 Å². The molecule has 1 aromatic rings. The zero-order valence-corrected chi connectivity index (χ0v) is 17.6. The van der Waals surface area contributed by atoms with Gasteiger partial charge in [0.2, 0.25) is 10.0 Å². The van der Waals surface area contributed by atoms with Crippen molar-refractivity contribution in [1.29, 1.82) is 0 Å². The van der Waals surface area contributed by atoms with Gasteiger partial charge < -0.3 is 10.1 Å². The van der Waals surface area contributed by atoms with E-state index in [1.807, 2.05) is 0 Å². The van der Waals surface area contributed by atoms with Crippen LogP contribution in [-0.2, 0) is 24.3 Å². The van der Waals surface area contributed by atoms with Crippen molar-refractivity contribution in [2.45, 2.75) is 56.9 Å². The number of amides is 1. The summed E-state index contributed by atoms with van der Waals surface area (Å²) < 4.78 is 45.9. The molecular weight excluding hydrogens is 399 g/mol. The first-order chi connectivity index (χ1) is 13.7. The van der Waals surface area contributed by atoms with Gasteiger partial charge in [-0.15, -0.1) is 0 Å². The van der Waals surface area contributed by atoms with Crippen LogP contribution in [0.5, 0.6) is 0 Å². The topological polar surface area (TPSA) is 102 Å². The van der Waals surface area contributed by atoms with Crippen LogP contribution >= 0.6 is 0 Å². The molecule has 1 amide bonds. The quantitative estimate of drug-likeness (QED) is 0.588. The third kappa shape index (κ3) is 7.08. The number of carbonyl (C=O) groups is 2. The first-order valence-electron chi connectivity index (χ1n) is 9.91. The monoisotopic (exact) mass is 428 g/mol. The minimum Gasteiger partial charge on any atom is -0.454 e. The smallest absolute Gasteiger partial charge is 0.324 e. The summed E-state index contributed by atoms with van der Waals surface area (Å²) >= 11 is 0. The lowest BCUT2D eigenvalue weighted by Gasteiger charge is -2.22. The molecule has 1 aromatic carbocycles. The fourth-order valence-corrected chi connectivity index (χ4v) is 4.69. The summed E-state index contributed by atoms with van der Waals surface area (Å²) in [5.41, 5.74) is 0. The standard InChI is InChI=1S/C20H29FN2O5S/c1-14(2)19(23-29(26,27)17-11-7-6-10-16(17)21)20(25)28-13-18(24)22-12-15-8-4-3-5-9-15/h6-7,10-11,14-15,19,23H,3-5,8-9,12-13H2,1-2H3,(H,22,24)/t19-/m0/s1. The number of carbonyl (C=O) groups excluding carboxylic acids is 2. The molecular formula is C20H29FN2O5S. The molecule has 0 heterocycles. The SMILES string of the molecule is CC(C)[C@H](NS(=O)(=O)c1ccccc1F)C(=O)OCC(=O)NCC1CCCCC1. The Hall–Kier alpha value is -2.00. The Morgan fingerprint density at radius 2 is 1.83 bits per heavy atom. The number of benzene rings is 1. The van der Waals surface area contributed by atoms with E-state index in [-0.39, 0.29) is 0 Å². The molecule has 0 spiro atoms. The second kappa shape index (κ2) is 10.7. The van der Waals surface area contributed by atoms with Crippen LogP contribution in [-0.4, -0.2) is 39.5 Å². The predicted molar refractivity (Wildman–Crippen MR) is 106 cm³/mol. The van der Waals surface area contributed by atoms with Gasteiger partial charge in [0.1, 0.15) is 16.8 Å². The molecule has 162 valence electrons. The molecule has 0 unspecified atom stereocenters. The van der Waals surface area contributed by atoms with Crippen molar-refractivity contribution in [2.75, 3.05) is 13.2 Å². The van der Waals surface area contributed by atoms with Crippen LogP contribution in [0.15, 0.2) is 29.2 Å². The number of ether oxygens (including phenoxy) is 1. The summed E-state index contributed by atoms with van der Waals surface area (Å²) in [5.74, 6) is -2.25. The van der Waals surface area contributed by atoms with Gasteiger partial charge in [-0.3, -0.25) is 9.59 Å². The Balaban J connectivity index is 1.90. The molecule has 0 radical (unpaired) electrons. The molecule has 0 saturated heterocycles. The van der Waals surface area contributed by atoms with Gasteiger partial charge in [-0.05, 0) is 36.8 Å². The highest BCUT2D eigenvalue weighted by Crippen LogP contribution is 2.22. The van der Waals surface area contributed by atoms with E-state index < -0.39 is 51.2 Å². The van der Waals surface area contributed by atoms with E-state index in [0.29, 0.717) is 12.5 Å². The Morgan fingerprint density at radius 3 is 2.45 bits per heavy atom. The molecule has 2 N–H and O–H groups in total. The largest absolute Gasteiger partial charge is 0.454 e. The molecule has 9 heteroatoms. The van der Waals surface area contributed by atoms with Crippen molar-refractivity contribution in [3.05, 3.63) is 30.1 Å². The van der Waals surface area contributed by atoms with Crippen molar-refractivity contribution < 1.29 is 27.1 Å². The maximum Gasteiger partial charge on any atom is 0.324 e. The van der Waals surface area contributed by atoms with E-state index in [1.165, 1.54) is 18.6 Å². The molecule has 2 rings (SSSR count). The number of nitrogens with one attached hydrogen (secondary N) is 2. The zero-order valence-electron chi connectivity index (χ0n) is 16.8. The molecule has 1 atom stereocenters. The maximum absolute atomic E-state index is 13.8. The summed E-state index contributed by atoms with van der Waals surface area (Å²) in [5, 5.41) is 2.75. The van der Waals surface area contributed by atoms with Crippen LogP contribution in [0.2, 0.25) is 0 Å². The lowest BCUT2D eigenvalue weighted by Crippen LogP contribution is -2.46. The highest BCUT2D eigenvalue weighted by Gasteiger charge is 2.31. The second-order valence-corrected chi connectivity index (χ2v) is 9.37. The summed E-state index contributed by atoms with van der Waals surface area (Å²) in [4.78, 5) is 23.8. The number of hydrogen-bond donors (Lipinski definition) is 2. The summed E-state index contributed by atoms with van der Waals surface area (Å²) in [6.45, 7) is 3.30. The summed E-state index contributed by atoms with van der Waals surface area (Å²) in [7, 11) is -4.27. The van der Waals surface area contributed by atoms with E-state index in [9.17, 15) is 22.4 Å². The minimum atomic E-state index is -4.27. The van der Waals surface area contributed by atoms with E-state index in [2.05, 4.69) is 10.0 Å². The number of rotatable bonds is 9. The van der Waals surface area contributed by atoms with Crippen molar-refractivity contribution in [2.24, 2.45) is 11.8 Å². The molecule has 0 bridgehead atoms. The van der Waals surface area contributed by atoms with Crippen LogP contribution in [0.3, 0.4) is 0 Å². The Labute approximate surface area is 171 Å². The maximum atomic E-state index is 13.8. The Bertz CT molecular complexity index is 807. The predicted octanol–water partition coefficient (Wildman–Crippen LogP) is 2.37. The van der Waals surface area contributed by atoms with Gasteiger partial charge in [0.05, 0.1) is 0 Å². The van der Waals surface area contributed by atoms with Gasteiger partial charge in [0.25, 0.3) is 5.91 Å². The molecule has 0 aromatic heterocycles. The van der Waals surface area contributed by atoms with Crippen molar-refractivity contribution >= 4 is 21.9 Å². The van der Waals surface area contributed by atoms with E-state index >= 15 is 0 Å². The average Bonchev–Trinajstić information content (AvgIpc) is 2.69. The number of sulfonamides is 1. The van der Waals surface area contributed by atoms with Crippen LogP contribution in [0.1, 0.15) is 46.0 Å². The zero-order chi connectivity index (χ0) is 21.4. The number of esters is 1. The highest BCUT2D eigenvalue weighted by molar-refractivity contribution is 7.89.